The van der Waals surface area contributed by atoms with Crippen molar-refractivity contribution < 1.29 is 4.74 Å². The standard InChI is InChI=1S/C12H17ClN2O/c1-16-12-9(3-2-4-11(12)13)7-15-6-5-10(14)8-15/h2-4,10H,5-8,14H2,1H3. The van der Waals surface area contributed by atoms with Crippen LogP contribution in [0.1, 0.15) is 12.0 Å². The van der Waals surface area contributed by atoms with E-state index in [0.717, 1.165) is 37.4 Å². The molecule has 2 N–H and O–H groups in total. The van der Waals surface area contributed by atoms with E-state index in [1.807, 2.05) is 12.1 Å². The van der Waals surface area contributed by atoms with Crippen LogP contribution >= 0.6 is 11.6 Å². The minimum absolute atomic E-state index is 0.310. The maximum atomic E-state index is 6.08. The molecule has 0 saturated carbocycles. The summed E-state index contributed by atoms with van der Waals surface area (Å²) in [5.41, 5.74) is 7.01. The molecule has 4 heteroatoms. The number of hydrogen-bond acceptors (Lipinski definition) is 3. The molecule has 1 aromatic carbocycles. The van der Waals surface area contributed by atoms with Gasteiger partial charge in [0.05, 0.1) is 12.1 Å². The van der Waals surface area contributed by atoms with E-state index in [1.165, 1.54) is 0 Å². The third-order valence-electron chi connectivity index (χ3n) is 2.96. The van der Waals surface area contributed by atoms with Gasteiger partial charge in [-0.15, -0.1) is 0 Å². The molecule has 1 aliphatic rings. The lowest BCUT2D eigenvalue weighted by Gasteiger charge is -2.17. The van der Waals surface area contributed by atoms with Gasteiger partial charge in [-0.2, -0.15) is 0 Å². The van der Waals surface area contributed by atoms with Gasteiger partial charge in [0.2, 0.25) is 0 Å². The zero-order valence-electron chi connectivity index (χ0n) is 9.45. The number of methoxy groups -OCH3 is 1. The third-order valence-corrected chi connectivity index (χ3v) is 3.25. The van der Waals surface area contributed by atoms with Crippen LogP contribution in [-0.2, 0) is 6.54 Å². The van der Waals surface area contributed by atoms with Crippen molar-refractivity contribution >= 4 is 11.6 Å². The lowest BCUT2D eigenvalue weighted by Crippen LogP contribution is -2.26. The van der Waals surface area contributed by atoms with Crippen molar-refractivity contribution in [2.75, 3.05) is 20.2 Å². The van der Waals surface area contributed by atoms with Gasteiger partial charge in [-0.25, -0.2) is 0 Å². The van der Waals surface area contributed by atoms with Crippen LogP contribution in [0, 0.1) is 0 Å². The summed E-state index contributed by atoms with van der Waals surface area (Å²) in [4.78, 5) is 2.33. The maximum Gasteiger partial charge on any atom is 0.141 e. The first-order valence-electron chi connectivity index (χ1n) is 5.50. The second-order valence-electron chi connectivity index (χ2n) is 4.22. The number of benzene rings is 1. The summed E-state index contributed by atoms with van der Waals surface area (Å²) in [6.07, 6.45) is 1.07. The van der Waals surface area contributed by atoms with E-state index in [4.69, 9.17) is 22.1 Å². The summed E-state index contributed by atoms with van der Waals surface area (Å²) in [6, 6.07) is 6.16. The average Bonchev–Trinajstić information content (AvgIpc) is 2.64. The number of nitrogens with zero attached hydrogens (tertiary/aromatic N) is 1. The molecule has 0 radical (unpaired) electrons. The molecule has 2 rings (SSSR count). The minimum atomic E-state index is 0.310. The lowest BCUT2D eigenvalue weighted by atomic mass is 10.2. The van der Waals surface area contributed by atoms with E-state index in [1.54, 1.807) is 7.11 Å². The fourth-order valence-corrected chi connectivity index (χ4v) is 2.42. The highest BCUT2D eigenvalue weighted by atomic mass is 35.5. The maximum absolute atomic E-state index is 6.08. The Hall–Kier alpha value is -0.770. The Morgan fingerprint density at radius 2 is 2.38 bits per heavy atom. The smallest absolute Gasteiger partial charge is 0.141 e. The largest absolute Gasteiger partial charge is 0.495 e. The second-order valence-corrected chi connectivity index (χ2v) is 4.62. The predicted molar refractivity (Wildman–Crippen MR) is 65.9 cm³/mol. The van der Waals surface area contributed by atoms with Crippen molar-refractivity contribution in [3.63, 3.8) is 0 Å². The van der Waals surface area contributed by atoms with Crippen LogP contribution in [-0.4, -0.2) is 31.1 Å². The number of ether oxygens (including phenoxy) is 1. The molecule has 1 saturated heterocycles. The van der Waals surface area contributed by atoms with Gasteiger partial charge >= 0.3 is 0 Å². The number of nitrogens with two attached hydrogens (primary N) is 1. The Labute approximate surface area is 101 Å². The topological polar surface area (TPSA) is 38.5 Å². The Kier molecular flexibility index (Phi) is 3.69. The van der Waals surface area contributed by atoms with Gasteiger partial charge in [0, 0.05) is 31.2 Å². The number of para-hydroxylation sites is 1. The molecule has 1 atom stereocenters. The van der Waals surface area contributed by atoms with Gasteiger partial charge < -0.3 is 10.5 Å². The molecule has 88 valence electrons. The lowest BCUT2D eigenvalue weighted by molar-refractivity contribution is 0.317. The Morgan fingerprint density at radius 3 is 3.00 bits per heavy atom. The first kappa shape index (κ1) is 11.7. The van der Waals surface area contributed by atoms with Gasteiger partial charge in [0.1, 0.15) is 5.75 Å². The van der Waals surface area contributed by atoms with E-state index >= 15 is 0 Å². The van der Waals surface area contributed by atoms with Crippen LogP contribution in [0.25, 0.3) is 0 Å². The van der Waals surface area contributed by atoms with Crippen LogP contribution in [0.3, 0.4) is 0 Å². The van der Waals surface area contributed by atoms with Gasteiger partial charge in [-0.3, -0.25) is 4.90 Å². The number of halogens is 1. The molecular formula is C12H17ClN2O. The van der Waals surface area contributed by atoms with E-state index in [9.17, 15) is 0 Å². The molecular weight excluding hydrogens is 224 g/mol. The molecule has 3 nitrogen and oxygen atoms in total. The Bertz CT molecular complexity index is 370. The van der Waals surface area contributed by atoms with Crippen LogP contribution < -0.4 is 10.5 Å². The Balaban J connectivity index is 2.12. The second kappa shape index (κ2) is 5.04. The van der Waals surface area contributed by atoms with E-state index in [0.29, 0.717) is 11.1 Å². The van der Waals surface area contributed by atoms with Gasteiger partial charge in [0.25, 0.3) is 0 Å². The van der Waals surface area contributed by atoms with Crippen LogP contribution in [0.15, 0.2) is 18.2 Å². The molecule has 0 amide bonds. The van der Waals surface area contributed by atoms with E-state index < -0.39 is 0 Å². The van der Waals surface area contributed by atoms with Crippen molar-refractivity contribution in [2.24, 2.45) is 5.73 Å². The van der Waals surface area contributed by atoms with Crippen molar-refractivity contribution in [2.45, 2.75) is 19.0 Å². The van der Waals surface area contributed by atoms with Crippen LogP contribution in [0.4, 0.5) is 0 Å². The molecule has 0 aliphatic carbocycles. The average molecular weight is 241 g/mol. The van der Waals surface area contributed by atoms with Gasteiger partial charge in [-0.05, 0) is 12.5 Å². The van der Waals surface area contributed by atoms with Gasteiger partial charge in [0.15, 0.2) is 0 Å². The van der Waals surface area contributed by atoms with Crippen molar-refractivity contribution in [1.82, 2.24) is 4.90 Å². The summed E-state index contributed by atoms with van der Waals surface area (Å²) >= 11 is 6.08. The van der Waals surface area contributed by atoms with Gasteiger partial charge in [-0.1, -0.05) is 23.7 Å². The quantitative estimate of drug-likeness (QED) is 0.877. The zero-order chi connectivity index (χ0) is 11.5. The minimum Gasteiger partial charge on any atom is -0.495 e. The Morgan fingerprint density at radius 1 is 1.56 bits per heavy atom. The number of rotatable bonds is 3. The number of likely N-dealkylation sites (tertiary alicyclic amines) is 1. The molecule has 16 heavy (non-hydrogen) atoms. The highest BCUT2D eigenvalue weighted by molar-refractivity contribution is 6.32. The summed E-state index contributed by atoms with van der Waals surface area (Å²) in [5, 5.41) is 0.670. The number of hydrogen-bond donors (Lipinski definition) is 1. The van der Waals surface area contributed by atoms with Crippen LogP contribution in [0.2, 0.25) is 5.02 Å². The molecule has 0 aromatic heterocycles. The van der Waals surface area contributed by atoms with E-state index in [-0.39, 0.29) is 0 Å². The monoisotopic (exact) mass is 240 g/mol. The molecule has 1 unspecified atom stereocenters. The predicted octanol–water partition coefficient (Wildman–Crippen LogP) is 1.88. The third kappa shape index (κ3) is 2.48. The van der Waals surface area contributed by atoms with Crippen molar-refractivity contribution in [3.05, 3.63) is 28.8 Å². The highest BCUT2D eigenvalue weighted by Crippen LogP contribution is 2.29. The molecule has 0 bridgehead atoms. The molecule has 1 heterocycles. The first-order valence-corrected chi connectivity index (χ1v) is 5.88. The summed E-state index contributed by atoms with van der Waals surface area (Å²) < 4.78 is 5.32. The zero-order valence-corrected chi connectivity index (χ0v) is 10.2. The normalized spacial score (nSPS) is 21.3. The first-order chi connectivity index (χ1) is 7.70. The fraction of sp³-hybridized carbons (Fsp3) is 0.500. The highest BCUT2D eigenvalue weighted by Gasteiger charge is 2.20. The van der Waals surface area contributed by atoms with E-state index in [2.05, 4.69) is 11.0 Å². The fourth-order valence-electron chi connectivity index (χ4n) is 2.15. The summed E-state index contributed by atoms with van der Waals surface area (Å²) in [5.74, 6) is 0.782. The molecule has 1 aromatic rings. The summed E-state index contributed by atoms with van der Waals surface area (Å²) in [6.45, 7) is 2.87. The SMILES string of the molecule is COc1c(Cl)cccc1CN1CCC(N)C1. The molecule has 0 spiro atoms. The molecule has 1 fully saturated rings. The van der Waals surface area contributed by atoms with Crippen molar-refractivity contribution in [3.8, 4) is 5.75 Å². The summed E-state index contributed by atoms with van der Waals surface area (Å²) in [7, 11) is 1.65. The van der Waals surface area contributed by atoms with Crippen LogP contribution in [0.5, 0.6) is 5.75 Å². The molecule has 1 aliphatic heterocycles. The van der Waals surface area contributed by atoms with Crippen molar-refractivity contribution in [1.29, 1.82) is 0 Å².